The summed E-state index contributed by atoms with van der Waals surface area (Å²) in [4.78, 5) is 55.0. The van der Waals surface area contributed by atoms with Gasteiger partial charge in [-0.1, -0.05) is 6.07 Å². The van der Waals surface area contributed by atoms with E-state index in [0.29, 0.717) is 69.0 Å². The topological polar surface area (TPSA) is 113 Å². The number of anilines is 2. The molecular weight excluding hydrogens is 565 g/mol. The van der Waals surface area contributed by atoms with Crippen molar-refractivity contribution in [3.05, 3.63) is 93.7 Å². The first-order chi connectivity index (χ1) is 21.3. The maximum Gasteiger partial charge on any atom is 0.409 e. The summed E-state index contributed by atoms with van der Waals surface area (Å²) in [6, 6.07) is 15.9. The summed E-state index contributed by atoms with van der Waals surface area (Å²) in [5, 5.41) is 6.05. The second kappa shape index (κ2) is 12.5. The van der Waals surface area contributed by atoms with Crippen molar-refractivity contribution in [2.24, 2.45) is 5.92 Å². The molecule has 10 nitrogen and oxygen atoms in total. The monoisotopic (exact) mass is 601 g/mol. The van der Waals surface area contributed by atoms with Gasteiger partial charge in [0, 0.05) is 67.6 Å². The van der Waals surface area contributed by atoms with Crippen LogP contribution < -0.4 is 21.1 Å². The van der Waals surface area contributed by atoms with Gasteiger partial charge in [-0.15, -0.1) is 0 Å². The molecule has 3 aliphatic rings. The minimum Gasteiger partial charge on any atom is -0.450 e. The Hall–Kier alpha value is -4.67. The molecule has 0 spiro atoms. The van der Waals surface area contributed by atoms with Crippen LogP contribution in [0.4, 0.5) is 20.6 Å². The van der Waals surface area contributed by atoms with E-state index in [1.807, 2.05) is 16.7 Å². The Bertz CT molecular complexity index is 1620. The Labute approximate surface area is 254 Å². The highest BCUT2D eigenvalue weighted by Crippen LogP contribution is 2.39. The van der Waals surface area contributed by atoms with E-state index in [4.69, 9.17) is 4.74 Å². The molecule has 0 aliphatic carbocycles. The number of carbonyl (C=O) groups excluding carboxylic acids is 3. The number of halogens is 1. The van der Waals surface area contributed by atoms with Gasteiger partial charge in [0.2, 0.25) is 0 Å². The van der Waals surface area contributed by atoms with Crippen molar-refractivity contribution in [1.82, 2.24) is 14.8 Å². The van der Waals surface area contributed by atoms with Gasteiger partial charge < -0.3 is 29.7 Å². The third-order valence-corrected chi connectivity index (χ3v) is 8.79. The van der Waals surface area contributed by atoms with Crippen LogP contribution >= 0.6 is 0 Å². The second-order valence-corrected chi connectivity index (χ2v) is 11.7. The van der Waals surface area contributed by atoms with Crippen LogP contribution in [0.5, 0.6) is 0 Å². The van der Waals surface area contributed by atoms with Crippen LogP contribution in [0.1, 0.15) is 58.5 Å². The fourth-order valence-electron chi connectivity index (χ4n) is 6.63. The van der Waals surface area contributed by atoms with Crippen molar-refractivity contribution in [2.75, 3.05) is 43.0 Å². The first-order valence-corrected chi connectivity index (χ1v) is 15.2. The molecule has 2 unspecified atom stereocenters. The Morgan fingerprint density at radius 1 is 0.932 bits per heavy atom. The summed E-state index contributed by atoms with van der Waals surface area (Å²) in [6.07, 6.45) is 1.86. The molecule has 11 heteroatoms. The van der Waals surface area contributed by atoms with Crippen LogP contribution in [0.3, 0.4) is 0 Å². The lowest BCUT2D eigenvalue weighted by Crippen LogP contribution is -2.47. The standard InChI is InChI=1S/C33H36FN5O5/c1-2-44-33(43)37-14-12-26(13-15-37)35-32(42)23-8-11-29(27(17-23)36-31(41)22-6-9-25(34)10-7-22)38-18-21-16-24(20-38)28-4-3-5-30(40)39(28)19-21/h3-11,17,21,24,26H,2,12-16,18-20H2,1H3,(H,35,42)(H,36,41). The summed E-state index contributed by atoms with van der Waals surface area (Å²) in [6.45, 7) is 5.06. The van der Waals surface area contributed by atoms with Gasteiger partial charge in [-0.25, -0.2) is 9.18 Å². The van der Waals surface area contributed by atoms with Crippen LogP contribution in [-0.4, -0.2) is 66.2 Å². The maximum absolute atomic E-state index is 13.5. The summed E-state index contributed by atoms with van der Waals surface area (Å²) in [5.41, 5.74) is 2.98. The van der Waals surface area contributed by atoms with E-state index in [0.717, 1.165) is 17.8 Å². The number of amides is 3. The third kappa shape index (κ3) is 6.17. The molecular formula is C33H36FN5O5. The van der Waals surface area contributed by atoms with Gasteiger partial charge >= 0.3 is 6.09 Å². The predicted molar refractivity (Wildman–Crippen MR) is 164 cm³/mol. The number of hydrogen-bond acceptors (Lipinski definition) is 6. The number of pyridine rings is 1. The summed E-state index contributed by atoms with van der Waals surface area (Å²) in [7, 11) is 0. The predicted octanol–water partition coefficient (Wildman–Crippen LogP) is 4.21. The van der Waals surface area contributed by atoms with Crippen molar-refractivity contribution < 1.29 is 23.5 Å². The molecule has 2 fully saturated rings. The van der Waals surface area contributed by atoms with E-state index in [1.165, 1.54) is 24.3 Å². The largest absolute Gasteiger partial charge is 0.450 e. The van der Waals surface area contributed by atoms with E-state index < -0.39 is 11.7 Å². The van der Waals surface area contributed by atoms with E-state index in [2.05, 4.69) is 15.5 Å². The molecule has 2 saturated heterocycles. The lowest BCUT2D eigenvalue weighted by atomic mass is 9.83. The molecule has 0 radical (unpaired) electrons. The van der Waals surface area contributed by atoms with Gasteiger partial charge in [0.05, 0.1) is 18.0 Å². The zero-order valence-corrected chi connectivity index (χ0v) is 24.6. The molecule has 2 aromatic carbocycles. The number of nitrogens with one attached hydrogen (secondary N) is 2. The molecule has 230 valence electrons. The molecule has 4 heterocycles. The summed E-state index contributed by atoms with van der Waals surface area (Å²) in [5.74, 6) is -0.712. The number of hydrogen-bond donors (Lipinski definition) is 2. The van der Waals surface area contributed by atoms with Crippen LogP contribution in [-0.2, 0) is 11.3 Å². The molecule has 0 saturated carbocycles. The van der Waals surface area contributed by atoms with Crippen molar-refractivity contribution in [3.63, 3.8) is 0 Å². The second-order valence-electron chi connectivity index (χ2n) is 11.7. The number of ether oxygens (including phenoxy) is 1. The van der Waals surface area contributed by atoms with Gasteiger partial charge in [0.15, 0.2) is 0 Å². The average molecular weight is 602 g/mol. The Morgan fingerprint density at radius 2 is 1.68 bits per heavy atom. The zero-order chi connectivity index (χ0) is 30.8. The van der Waals surface area contributed by atoms with Gasteiger partial charge in [-0.3, -0.25) is 14.4 Å². The molecule has 6 rings (SSSR count). The number of nitrogens with zero attached hydrogens (tertiary/aromatic N) is 3. The van der Waals surface area contributed by atoms with Gasteiger partial charge in [-0.2, -0.15) is 0 Å². The Morgan fingerprint density at radius 3 is 2.43 bits per heavy atom. The SMILES string of the molecule is CCOC(=O)N1CCC(NC(=O)c2ccc(N3CC4CC(C3)c3cccc(=O)n3C4)c(NC(=O)c3ccc(F)cc3)c2)CC1. The number of carbonyl (C=O) groups is 3. The highest BCUT2D eigenvalue weighted by Gasteiger charge is 2.35. The quantitative estimate of drug-likeness (QED) is 0.438. The van der Waals surface area contributed by atoms with E-state index in [9.17, 15) is 23.6 Å². The lowest BCUT2D eigenvalue weighted by molar-refractivity contribution is 0.0859. The van der Waals surface area contributed by atoms with Gasteiger partial charge in [0.25, 0.3) is 17.4 Å². The van der Waals surface area contributed by atoms with Gasteiger partial charge in [-0.05, 0) is 80.6 Å². The van der Waals surface area contributed by atoms with E-state index >= 15 is 0 Å². The lowest BCUT2D eigenvalue weighted by Gasteiger charge is -2.44. The van der Waals surface area contributed by atoms with Gasteiger partial charge in [0.1, 0.15) is 5.82 Å². The molecule has 1 aromatic heterocycles. The van der Waals surface area contributed by atoms with Crippen molar-refractivity contribution in [1.29, 1.82) is 0 Å². The molecule has 3 amide bonds. The van der Waals surface area contributed by atoms with Crippen molar-refractivity contribution in [2.45, 2.75) is 44.7 Å². The Kier molecular flexibility index (Phi) is 8.36. The maximum atomic E-state index is 13.5. The highest BCUT2D eigenvalue weighted by molar-refractivity contribution is 6.07. The number of benzene rings is 2. The molecule has 2 atom stereocenters. The fourth-order valence-corrected chi connectivity index (χ4v) is 6.63. The van der Waals surface area contributed by atoms with Crippen LogP contribution in [0.2, 0.25) is 0 Å². The first kappa shape index (κ1) is 29.4. The normalized spacial score (nSPS) is 19.6. The first-order valence-electron chi connectivity index (χ1n) is 15.2. The zero-order valence-electron chi connectivity index (χ0n) is 24.6. The molecule has 3 aliphatic heterocycles. The van der Waals surface area contributed by atoms with Crippen LogP contribution in [0.25, 0.3) is 0 Å². The molecule has 44 heavy (non-hydrogen) atoms. The van der Waals surface area contributed by atoms with Crippen molar-refractivity contribution >= 4 is 29.3 Å². The third-order valence-electron chi connectivity index (χ3n) is 8.79. The number of rotatable bonds is 6. The smallest absolute Gasteiger partial charge is 0.409 e. The average Bonchev–Trinajstić information content (AvgIpc) is 3.02. The summed E-state index contributed by atoms with van der Waals surface area (Å²) < 4.78 is 20.5. The van der Waals surface area contributed by atoms with Crippen LogP contribution in [0, 0.1) is 11.7 Å². The number of likely N-dealkylation sites (tertiary alicyclic amines) is 1. The van der Waals surface area contributed by atoms with E-state index in [1.54, 1.807) is 36.1 Å². The highest BCUT2D eigenvalue weighted by atomic mass is 19.1. The molecule has 2 bridgehead atoms. The number of fused-ring (bicyclic) bond motifs is 4. The molecule has 2 N–H and O–H groups in total. The minimum absolute atomic E-state index is 0.0137. The van der Waals surface area contributed by atoms with E-state index in [-0.39, 0.29) is 35.4 Å². The summed E-state index contributed by atoms with van der Waals surface area (Å²) >= 11 is 0. The van der Waals surface area contributed by atoms with Crippen LogP contribution in [0.15, 0.2) is 65.5 Å². The Balaban J connectivity index is 1.23. The minimum atomic E-state index is -0.437. The molecule has 3 aromatic rings. The van der Waals surface area contributed by atoms with Crippen molar-refractivity contribution in [3.8, 4) is 0 Å². The number of piperidine rings is 2. The fraction of sp³-hybridized carbons (Fsp3) is 0.394. The number of aromatic nitrogens is 1.